The quantitative estimate of drug-likeness (QED) is 0.817. The monoisotopic (exact) mass is 314 g/mol. The normalized spacial score (nSPS) is 12.7. The minimum atomic E-state index is -4.46. The van der Waals surface area contributed by atoms with Crippen LogP contribution in [-0.2, 0) is 16.8 Å². The van der Waals surface area contributed by atoms with Gasteiger partial charge >= 0.3 is 6.18 Å². The third-order valence-corrected chi connectivity index (χ3v) is 3.47. The Morgan fingerprint density at radius 2 is 1.95 bits per heavy atom. The van der Waals surface area contributed by atoms with Crippen molar-refractivity contribution < 1.29 is 26.3 Å². The van der Waals surface area contributed by atoms with Crippen molar-refractivity contribution >= 4 is 10.2 Å². The first-order chi connectivity index (χ1) is 9.10. The molecule has 0 aliphatic rings. The summed E-state index contributed by atoms with van der Waals surface area (Å²) in [5.74, 6) is -0.290. The van der Waals surface area contributed by atoms with Crippen LogP contribution in [0.3, 0.4) is 0 Å². The lowest BCUT2D eigenvalue weighted by Crippen LogP contribution is -2.35. The highest BCUT2D eigenvalue weighted by Gasteiger charge is 2.28. The second-order valence-corrected chi connectivity index (χ2v) is 5.84. The van der Waals surface area contributed by atoms with E-state index in [1.54, 1.807) is 0 Å². The van der Waals surface area contributed by atoms with Crippen LogP contribution in [0.5, 0.6) is 5.88 Å². The Hall–Kier alpha value is -1.46. The third-order valence-electron chi connectivity index (χ3n) is 2.00. The second kappa shape index (κ2) is 6.33. The SMILES string of the molecule is CN(C)S(=O)(=O)NCc1ccc(OCC(F)(F)F)nn1. The highest BCUT2D eigenvalue weighted by molar-refractivity contribution is 7.87. The Morgan fingerprint density at radius 3 is 2.40 bits per heavy atom. The number of alkyl halides is 3. The van der Waals surface area contributed by atoms with Gasteiger partial charge in [0.1, 0.15) is 0 Å². The first-order valence-electron chi connectivity index (χ1n) is 5.29. The van der Waals surface area contributed by atoms with Crippen molar-refractivity contribution in [2.45, 2.75) is 12.7 Å². The smallest absolute Gasteiger partial charge is 0.422 e. The standard InChI is InChI=1S/C9H13F3N4O3S/c1-16(2)20(17,18)13-5-7-3-4-8(15-14-7)19-6-9(10,11)12/h3-4,13H,5-6H2,1-2H3. The van der Waals surface area contributed by atoms with Crippen molar-refractivity contribution in [2.75, 3.05) is 20.7 Å². The van der Waals surface area contributed by atoms with Gasteiger partial charge < -0.3 is 4.74 Å². The zero-order valence-corrected chi connectivity index (χ0v) is 11.5. The van der Waals surface area contributed by atoms with E-state index in [1.807, 2.05) is 0 Å². The van der Waals surface area contributed by atoms with E-state index >= 15 is 0 Å². The Balaban J connectivity index is 2.55. The first-order valence-corrected chi connectivity index (χ1v) is 6.73. The lowest BCUT2D eigenvalue weighted by Gasteiger charge is -2.12. The predicted molar refractivity (Wildman–Crippen MR) is 63.0 cm³/mol. The molecule has 0 bridgehead atoms. The summed E-state index contributed by atoms with van der Waals surface area (Å²) in [6.07, 6.45) is -4.46. The Morgan fingerprint density at radius 1 is 1.30 bits per heavy atom. The average molecular weight is 314 g/mol. The van der Waals surface area contributed by atoms with Crippen molar-refractivity contribution in [3.63, 3.8) is 0 Å². The van der Waals surface area contributed by atoms with E-state index in [2.05, 4.69) is 19.7 Å². The van der Waals surface area contributed by atoms with Crippen molar-refractivity contribution in [3.8, 4) is 5.88 Å². The summed E-state index contributed by atoms with van der Waals surface area (Å²) >= 11 is 0. The molecule has 1 rings (SSSR count). The molecule has 11 heteroatoms. The summed E-state index contributed by atoms with van der Waals surface area (Å²) in [5, 5.41) is 6.96. The summed E-state index contributed by atoms with van der Waals surface area (Å²) in [6, 6.07) is 2.49. The topological polar surface area (TPSA) is 84.4 Å². The highest BCUT2D eigenvalue weighted by Crippen LogP contribution is 2.16. The fourth-order valence-electron chi connectivity index (χ4n) is 0.969. The molecule has 0 amide bonds. The number of hydrogen-bond donors (Lipinski definition) is 1. The van der Waals surface area contributed by atoms with Gasteiger partial charge in [-0.15, -0.1) is 5.10 Å². The predicted octanol–water partition coefficient (Wildman–Crippen LogP) is 0.314. The summed E-state index contributed by atoms with van der Waals surface area (Å²) in [5.41, 5.74) is 0.245. The van der Waals surface area contributed by atoms with Gasteiger partial charge in [-0.3, -0.25) is 0 Å². The van der Waals surface area contributed by atoms with E-state index in [4.69, 9.17) is 0 Å². The van der Waals surface area contributed by atoms with Crippen LogP contribution in [0, 0.1) is 0 Å². The van der Waals surface area contributed by atoms with Crippen molar-refractivity contribution in [1.29, 1.82) is 0 Å². The lowest BCUT2D eigenvalue weighted by molar-refractivity contribution is -0.154. The van der Waals surface area contributed by atoms with Gasteiger partial charge in [-0.25, -0.2) is 0 Å². The van der Waals surface area contributed by atoms with Crippen molar-refractivity contribution in [2.24, 2.45) is 0 Å². The maximum Gasteiger partial charge on any atom is 0.422 e. The van der Waals surface area contributed by atoms with Crippen LogP contribution >= 0.6 is 0 Å². The summed E-state index contributed by atoms with van der Waals surface area (Å²) in [7, 11) is -0.902. The number of halogens is 3. The van der Waals surface area contributed by atoms with E-state index in [0.29, 0.717) is 0 Å². The molecule has 1 N–H and O–H groups in total. The molecule has 0 unspecified atom stereocenters. The van der Waals surface area contributed by atoms with Crippen LogP contribution in [-0.4, -0.2) is 49.8 Å². The first kappa shape index (κ1) is 16.6. The fraction of sp³-hybridized carbons (Fsp3) is 0.556. The highest BCUT2D eigenvalue weighted by atomic mass is 32.2. The Labute approximate surface area is 113 Å². The molecule has 0 saturated carbocycles. The number of ether oxygens (including phenoxy) is 1. The number of nitrogens with one attached hydrogen (secondary N) is 1. The largest absolute Gasteiger partial charge is 0.467 e. The molecule has 1 heterocycles. The second-order valence-electron chi connectivity index (χ2n) is 3.88. The molecule has 0 fully saturated rings. The van der Waals surface area contributed by atoms with Crippen LogP contribution in [0.4, 0.5) is 13.2 Å². The average Bonchev–Trinajstić information content (AvgIpc) is 2.34. The van der Waals surface area contributed by atoms with Gasteiger partial charge in [0.15, 0.2) is 6.61 Å². The third kappa shape index (κ3) is 5.67. The van der Waals surface area contributed by atoms with Crippen LogP contribution < -0.4 is 9.46 Å². The van der Waals surface area contributed by atoms with Gasteiger partial charge in [-0.05, 0) is 6.07 Å². The number of aromatic nitrogens is 2. The van der Waals surface area contributed by atoms with Gasteiger partial charge in [-0.1, -0.05) is 0 Å². The molecule has 20 heavy (non-hydrogen) atoms. The molecule has 0 spiro atoms. The van der Waals surface area contributed by atoms with E-state index in [0.717, 1.165) is 4.31 Å². The maximum atomic E-state index is 11.9. The molecule has 0 atom stereocenters. The number of hydrogen-bond acceptors (Lipinski definition) is 5. The Kier molecular flexibility index (Phi) is 5.25. The summed E-state index contributed by atoms with van der Waals surface area (Å²) in [6.45, 7) is -1.60. The molecular weight excluding hydrogens is 301 g/mol. The molecule has 1 aromatic heterocycles. The van der Waals surface area contributed by atoms with Crippen molar-refractivity contribution in [3.05, 3.63) is 17.8 Å². The van der Waals surface area contributed by atoms with E-state index < -0.39 is 23.0 Å². The lowest BCUT2D eigenvalue weighted by atomic mass is 10.4. The molecule has 114 valence electrons. The molecular formula is C9H13F3N4O3S. The van der Waals surface area contributed by atoms with E-state index in [1.165, 1.54) is 26.2 Å². The molecule has 0 aliphatic heterocycles. The zero-order chi connectivity index (χ0) is 15.4. The van der Waals surface area contributed by atoms with E-state index in [-0.39, 0.29) is 18.1 Å². The zero-order valence-electron chi connectivity index (χ0n) is 10.7. The van der Waals surface area contributed by atoms with Crippen LogP contribution in [0.25, 0.3) is 0 Å². The fourth-order valence-corrected chi connectivity index (χ4v) is 1.56. The number of nitrogens with zero attached hydrogens (tertiary/aromatic N) is 3. The van der Waals surface area contributed by atoms with Gasteiger partial charge in [0.2, 0.25) is 5.88 Å². The molecule has 0 aliphatic carbocycles. The van der Waals surface area contributed by atoms with Gasteiger partial charge in [-0.2, -0.15) is 35.7 Å². The van der Waals surface area contributed by atoms with Crippen molar-refractivity contribution in [1.82, 2.24) is 19.2 Å². The summed E-state index contributed by atoms with van der Waals surface area (Å²) in [4.78, 5) is 0. The molecule has 1 aromatic rings. The Bertz CT molecular complexity index is 530. The molecule has 7 nitrogen and oxygen atoms in total. The van der Waals surface area contributed by atoms with Crippen LogP contribution in [0.2, 0.25) is 0 Å². The molecule has 0 radical (unpaired) electrons. The minimum Gasteiger partial charge on any atom is -0.467 e. The van der Waals surface area contributed by atoms with Gasteiger partial charge in [0, 0.05) is 20.2 Å². The van der Waals surface area contributed by atoms with E-state index in [9.17, 15) is 21.6 Å². The summed E-state index contributed by atoms with van der Waals surface area (Å²) < 4.78 is 66.0. The maximum absolute atomic E-state index is 11.9. The minimum absolute atomic E-state index is 0.132. The molecule has 0 saturated heterocycles. The number of rotatable bonds is 6. The van der Waals surface area contributed by atoms with Gasteiger partial charge in [0.25, 0.3) is 10.2 Å². The van der Waals surface area contributed by atoms with Crippen LogP contribution in [0.15, 0.2) is 12.1 Å². The molecule has 0 aromatic carbocycles. The van der Waals surface area contributed by atoms with Gasteiger partial charge in [0.05, 0.1) is 12.2 Å². The van der Waals surface area contributed by atoms with Crippen LogP contribution in [0.1, 0.15) is 5.69 Å².